The highest BCUT2D eigenvalue weighted by molar-refractivity contribution is 5.90. The molecule has 0 saturated heterocycles. The van der Waals surface area contributed by atoms with Crippen molar-refractivity contribution in [3.8, 4) is 11.5 Å². The number of methoxy groups -OCH3 is 2. The zero-order chi connectivity index (χ0) is 17.2. The fourth-order valence-electron chi connectivity index (χ4n) is 1.94. The largest absolute Gasteiger partial charge is 0.493 e. The van der Waals surface area contributed by atoms with Gasteiger partial charge in [-0.05, 0) is 44.4 Å². The van der Waals surface area contributed by atoms with Gasteiger partial charge in [-0.25, -0.2) is 4.79 Å². The van der Waals surface area contributed by atoms with Gasteiger partial charge in [0.2, 0.25) is 0 Å². The van der Waals surface area contributed by atoms with Crippen molar-refractivity contribution in [2.75, 3.05) is 20.8 Å². The van der Waals surface area contributed by atoms with Crippen LogP contribution in [0.1, 0.15) is 36.5 Å². The Morgan fingerprint density at radius 2 is 1.91 bits per heavy atom. The Hall–Kier alpha value is -2.51. The van der Waals surface area contributed by atoms with E-state index in [1.807, 2.05) is 0 Å². The van der Waals surface area contributed by atoms with E-state index in [0.717, 1.165) is 0 Å². The molecule has 1 unspecified atom stereocenters. The molecule has 8 heteroatoms. The predicted octanol–water partition coefficient (Wildman–Crippen LogP) is 2.63. The SMILES string of the molecule is COc1ccc(C(=O)OCCCCC(C)O[N+](=O)[O-])cc1OC. The molecule has 0 aliphatic rings. The third-order valence-corrected chi connectivity index (χ3v) is 3.12. The summed E-state index contributed by atoms with van der Waals surface area (Å²) in [4.78, 5) is 26.4. The van der Waals surface area contributed by atoms with E-state index < -0.39 is 17.2 Å². The summed E-state index contributed by atoms with van der Waals surface area (Å²) in [5, 5.41) is 9.33. The predicted molar refractivity (Wildman–Crippen MR) is 81.2 cm³/mol. The number of nitrogens with zero attached hydrogens (tertiary/aromatic N) is 1. The van der Waals surface area contributed by atoms with Crippen LogP contribution in [0.25, 0.3) is 0 Å². The molecule has 0 bridgehead atoms. The number of ether oxygens (including phenoxy) is 3. The lowest BCUT2D eigenvalue weighted by molar-refractivity contribution is -0.767. The first-order valence-corrected chi connectivity index (χ1v) is 7.18. The molecule has 1 rings (SSSR count). The summed E-state index contributed by atoms with van der Waals surface area (Å²) in [6, 6.07) is 4.77. The minimum atomic E-state index is -0.804. The topological polar surface area (TPSA) is 97.1 Å². The van der Waals surface area contributed by atoms with Gasteiger partial charge in [0.25, 0.3) is 5.09 Å². The minimum absolute atomic E-state index is 0.234. The Labute approximate surface area is 134 Å². The Kier molecular flexibility index (Phi) is 7.65. The molecule has 1 aromatic carbocycles. The Bertz CT molecular complexity index is 533. The molecule has 0 fully saturated rings. The lowest BCUT2D eigenvalue weighted by atomic mass is 10.2. The molecule has 0 heterocycles. The van der Waals surface area contributed by atoms with Crippen molar-refractivity contribution in [3.05, 3.63) is 33.9 Å². The summed E-state index contributed by atoms with van der Waals surface area (Å²) in [6.07, 6.45) is 1.32. The normalized spacial score (nSPS) is 11.4. The first-order valence-electron chi connectivity index (χ1n) is 7.18. The molecule has 0 aliphatic heterocycles. The van der Waals surface area contributed by atoms with E-state index in [-0.39, 0.29) is 6.61 Å². The first-order chi connectivity index (χ1) is 11.0. The number of unbranched alkanes of at least 4 members (excludes halogenated alkanes) is 1. The van der Waals surface area contributed by atoms with E-state index in [9.17, 15) is 14.9 Å². The van der Waals surface area contributed by atoms with Crippen molar-refractivity contribution >= 4 is 5.97 Å². The second-order valence-electron chi connectivity index (χ2n) is 4.84. The summed E-state index contributed by atoms with van der Waals surface area (Å²) in [5.74, 6) is 0.525. The van der Waals surface area contributed by atoms with Crippen molar-refractivity contribution in [3.63, 3.8) is 0 Å². The molecule has 0 spiro atoms. The van der Waals surface area contributed by atoms with Crippen molar-refractivity contribution in [2.45, 2.75) is 32.3 Å². The molecule has 1 aromatic rings. The van der Waals surface area contributed by atoms with Crippen LogP contribution >= 0.6 is 0 Å². The number of hydrogen-bond acceptors (Lipinski definition) is 7. The summed E-state index contributed by atoms with van der Waals surface area (Å²) in [6.45, 7) is 1.86. The van der Waals surface area contributed by atoms with Crippen LogP contribution in [0, 0.1) is 10.1 Å². The molecule has 128 valence electrons. The zero-order valence-corrected chi connectivity index (χ0v) is 13.4. The zero-order valence-electron chi connectivity index (χ0n) is 13.4. The lowest BCUT2D eigenvalue weighted by Crippen LogP contribution is -2.13. The summed E-state index contributed by atoms with van der Waals surface area (Å²) >= 11 is 0. The van der Waals surface area contributed by atoms with Gasteiger partial charge in [0.05, 0.1) is 26.4 Å². The highest BCUT2D eigenvalue weighted by atomic mass is 17.0. The second-order valence-corrected chi connectivity index (χ2v) is 4.84. The van der Waals surface area contributed by atoms with Crippen LogP contribution in [-0.2, 0) is 9.57 Å². The number of carbonyl (C=O) groups excluding carboxylic acids is 1. The molecular formula is C15H21NO7. The van der Waals surface area contributed by atoms with Crippen molar-refractivity contribution in [1.29, 1.82) is 0 Å². The smallest absolute Gasteiger partial charge is 0.338 e. The van der Waals surface area contributed by atoms with Crippen LogP contribution in [-0.4, -0.2) is 38.0 Å². The molecule has 0 saturated carbocycles. The standard InChI is InChI=1S/C15H21NO7/c1-11(23-16(18)19)6-4-5-9-22-15(17)12-7-8-13(20-2)14(10-12)21-3/h7-8,10-11H,4-6,9H2,1-3H3. The van der Waals surface area contributed by atoms with Gasteiger partial charge in [-0.3, -0.25) is 0 Å². The van der Waals surface area contributed by atoms with Gasteiger partial charge in [-0.1, -0.05) is 0 Å². The van der Waals surface area contributed by atoms with E-state index in [1.54, 1.807) is 25.1 Å². The van der Waals surface area contributed by atoms with E-state index in [4.69, 9.17) is 14.2 Å². The number of carbonyl (C=O) groups is 1. The third-order valence-electron chi connectivity index (χ3n) is 3.12. The van der Waals surface area contributed by atoms with Crippen LogP contribution in [0.3, 0.4) is 0 Å². The van der Waals surface area contributed by atoms with E-state index in [1.165, 1.54) is 14.2 Å². The number of hydrogen-bond donors (Lipinski definition) is 0. The second kappa shape index (κ2) is 9.50. The van der Waals surface area contributed by atoms with Gasteiger partial charge in [0, 0.05) is 0 Å². The summed E-state index contributed by atoms with van der Waals surface area (Å²) in [7, 11) is 3.00. The highest BCUT2D eigenvalue weighted by Crippen LogP contribution is 2.27. The van der Waals surface area contributed by atoms with Crippen molar-refractivity contribution < 1.29 is 28.9 Å². The Balaban J connectivity index is 2.35. The molecule has 0 radical (unpaired) electrons. The average molecular weight is 327 g/mol. The number of rotatable bonds is 10. The molecule has 0 aromatic heterocycles. The van der Waals surface area contributed by atoms with E-state index in [0.29, 0.717) is 36.3 Å². The molecular weight excluding hydrogens is 306 g/mol. The number of benzene rings is 1. The minimum Gasteiger partial charge on any atom is -0.493 e. The van der Waals surface area contributed by atoms with Crippen molar-refractivity contribution in [2.24, 2.45) is 0 Å². The molecule has 1 atom stereocenters. The Morgan fingerprint density at radius 3 is 2.52 bits per heavy atom. The van der Waals surface area contributed by atoms with Crippen molar-refractivity contribution in [1.82, 2.24) is 0 Å². The Morgan fingerprint density at radius 1 is 1.22 bits per heavy atom. The monoisotopic (exact) mass is 327 g/mol. The molecule has 0 aliphatic carbocycles. The summed E-state index contributed by atoms with van der Waals surface area (Å²) in [5.41, 5.74) is 0.368. The highest BCUT2D eigenvalue weighted by Gasteiger charge is 2.12. The molecule has 23 heavy (non-hydrogen) atoms. The lowest BCUT2D eigenvalue weighted by Gasteiger charge is -2.10. The molecule has 0 amide bonds. The molecule has 8 nitrogen and oxygen atoms in total. The van der Waals surface area contributed by atoms with Gasteiger partial charge in [-0.2, -0.15) is 0 Å². The van der Waals surface area contributed by atoms with Gasteiger partial charge in [-0.15, -0.1) is 10.1 Å². The van der Waals surface area contributed by atoms with E-state index >= 15 is 0 Å². The summed E-state index contributed by atoms with van der Waals surface area (Å²) < 4.78 is 15.4. The maximum atomic E-state index is 11.9. The fraction of sp³-hybridized carbons (Fsp3) is 0.533. The number of esters is 1. The van der Waals surface area contributed by atoms with Gasteiger partial charge in [0.15, 0.2) is 11.5 Å². The third kappa shape index (κ3) is 6.41. The average Bonchev–Trinajstić information content (AvgIpc) is 2.52. The fourth-order valence-corrected chi connectivity index (χ4v) is 1.94. The maximum absolute atomic E-state index is 11.9. The van der Waals surface area contributed by atoms with Crippen LogP contribution in [0.2, 0.25) is 0 Å². The quantitative estimate of drug-likeness (QED) is 0.282. The molecule has 0 N–H and O–H groups in total. The van der Waals surface area contributed by atoms with Gasteiger partial charge >= 0.3 is 5.97 Å². The maximum Gasteiger partial charge on any atom is 0.338 e. The first kappa shape index (κ1) is 18.5. The van der Waals surface area contributed by atoms with Crippen LogP contribution in [0.4, 0.5) is 0 Å². The van der Waals surface area contributed by atoms with Crippen LogP contribution in [0.15, 0.2) is 18.2 Å². The van der Waals surface area contributed by atoms with Gasteiger partial charge < -0.3 is 19.0 Å². The van der Waals surface area contributed by atoms with Crippen LogP contribution < -0.4 is 9.47 Å². The van der Waals surface area contributed by atoms with E-state index in [2.05, 4.69) is 4.84 Å². The van der Waals surface area contributed by atoms with Gasteiger partial charge in [0.1, 0.15) is 6.10 Å². The van der Waals surface area contributed by atoms with Crippen LogP contribution in [0.5, 0.6) is 11.5 Å².